The molecule has 0 radical (unpaired) electrons. The average Bonchev–Trinajstić information content (AvgIpc) is 3.18. The van der Waals surface area contributed by atoms with Gasteiger partial charge in [-0.15, -0.1) is 5.10 Å². The number of methoxy groups -OCH3 is 2. The second kappa shape index (κ2) is 7.03. The van der Waals surface area contributed by atoms with E-state index in [-0.39, 0.29) is 5.57 Å². The lowest BCUT2D eigenvalue weighted by atomic mass is 10.1. The number of thiazole rings is 1. The van der Waals surface area contributed by atoms with Crippen molar-refractivity contribution in [2.45, 2.75) is 13.1 Å². The highest BCUT2D eigenvalue weighted by Gasteiger charge is 2.30. The zero-order valence-electron chi connectivity index (χ0n) is 14.5. The normalized spacial score (nSPS) is 12.4. The van der Waals surface area contributed by atoms with Gasteiger partial charge in [-0.05, 0) is 19.1 Å². The third kappa shape index (κ3) is 3.52. The molecule has 0 saturated heterocycles. The lowest BCUT2D eigenvalue weighted by Crippen LogP contribution is -2.05. The lowest BCUT2D eigenvalue weighted by Gasteiger charge is -2.06. The summed E-state index contributed by atoms with van der Waals surface area (Å²) >= 11 is 1.20. The zero-order valence-corrected chi connectivity index (χ0v) is 15.3. The number of rotatable bonds is 4. The molecule has 0 spiro atoms. The Balaban J connectivity index is 2.01. The number of halogens is 3. The van der Waals surface area contributed by atoms with Crippen LogP contribution in [-0.2, 0) is 20.4 Å². The minimum atomic E-state index is -4.40. The van der Waals surface area contributed by atoms with Gasteiger partial charge < -0.3 is 9.47 Å². The standard InChI is InChI=1S/C17H14F3N3O3S/c1-9-13(12(8-25-2)15(24)26-3)27-16-21-14(22-23(9)16)10-4-6-11(7-5-10)17(18,19)20/h4-8H,1-3H3/b12-8+. The topological polar surface area (TPSA) is 65.7 Å². The number of benzene rings is 1. The summed E-state index contributed by atoms with van der Waals surface area (Å²) in [7, 11) is 2.68. The van der Waals surface area contributed by atoms with Crippen molar-refractivity contribution < 1.29 is 27.4 Å². The van der Waals surface area contributed by atoms with E-state index in [1.165, 1.54) is 48.5 Å². The van der Waals surface area contributed by atoms with Crippen LogP contribution in [0.15, 0.2) is 30.5 Å². The Bertz CT molecular complexity index is 1020. The maximum absolute atomic E-state index is 12.7. The molecule has 0 saturated carbocycles. The molecular formula is C17H14F3N3O3S. The predicted octanol–water partition coefficient (Wildman–Crippen LogP) is 3.95. The molecule has 0 aliphatic heterocycles. The van der Waals surface area contributed by atoms with E-state index in [1.807, 2.05) is 0 Å². The molecule has 0 atom stereocenters. The van der Waals surface area contributed by atoms with Crippen LogP contribution in [0.3, 0.4) is 0 Å². The molecule has 3 aromatic rings. The largest absolute Gasteiger partial charge is 0.503 e. The molecule has 2 aromatic heterocycles. The highest BCUT2D eigenvalue weighted by atomic mass is 32.1. The van der Waals surface area contributed by atoms with E-state index >= 15 is 0 Å². The Morgan fingerprint density at radius 2 is 1.89 bits per heavy atom. The quantitative estimate of drug-likeness (QED) is 0.379. The minimum Gasteiger partial charge on any atom is -0.503 e. The van der Waals surface area contributed by atoms with Gasteiger partial charge in [0.25, 0.3) is 0 Å². The van der Waals surface area contributed by atoms with Crippen molar-refractivity contribution in [3.63, 3.8) is 0 Å². The highest BCUT2D eigenvalue weighted by molar-refractivity contribution is 7.18. The average molecular weight is 397 g/mol. The molecule has 3 rings (SSSR count). The van der Waals surface area contributed by atoms with Crippen LogP contribution in [0, 0.1) is 6.92 Å². The third-order valence-electron chi connectivity index (χ3n) is 3.77. The smallest absolute Gasteiger partial charge is 0.416 e. The molecule has 142 valence electrons. The second-order valence-corrected chi connectivity index (χ2v) is 6.46. The number of hydrogen-bond donors (Lipinski definition) is 0. The maximum Gasteiger partial charge on any atom is 0.416 e. The van der Waals surface area contributed by atoms with E-state index in [0.29, 0.717) is 26.9 Å². The van der Waals surface area contributed by atoms with E-state index in [4.69, 9.17) is 9.47 Å². The molecule has 0 aliphatic carbocycles. The van der Waals surface area contributed by atoms with Gasteiger partial charge in [0.15, 0.2) is 5.82 Å². The summed E-state index contributed by atoms with van der Waals surface area (Å²) in [6.45, 7) is 1.75. The van der Waals surface area contributed by atoms with Crippen LogP contribution in [0.25, 0.3) is 21.9 Å². The van der Waals surface area contributed by atoms with Crippen LogP contribution >= 0.6 is 11.3 Å². The van der Waals surface area contributed by atoms with Crippen molar-refractivity contribution in [3.8, 4) is 11.4 Å². The molecule has 1 aromatic carbocycles. The van der Waals surface area contributed by atoms with Gasteiger partial charge in [0, 0.05) is 5.56 Å². The molecule has 10 heteroatoms. The van der Waals surface area contributed by atoms with Crippen molar-refractivity contribution in [1.82, 2.24) is 14.6 Å². The number of nitrogens with zero attached hydrogens (tertiary/aromatic N) is 3. The third-order valence-corrected chi connectivity index (χ3v) is 4.94. The highest BCUT2D eigenvalue weighted by Crippen LogP contribution is 2.32. The first-order valence-electron chi connectivity index (χ1n) is 7.61. The molecule has 0 fully saturated rings. The van der Waals surface area contributed by atoms with Crippen molar-refractivity contribution in [2.75, 3.05) is 14.2 Å². The number of aryl methyl sites for hydroxylation is 1. The monoisotopic (exact) mass is 397 g/mol. The Morgan fingerprint density at radius 1 is 1.22 bits per heavy atom. The van der Waals surface area contributed by atoms with Crippen LogP contribution < -0.4 is 0 Å². The first-order valence-corrected chi connectivity index (χ1v) is 8.43. The van der Waals surface area contributed by atoms with Gasteiger partial charge in [-0.2, -0.15) is 18.2 Å². The van der Waals surface area contributed by atoms with E-state index in [9.17, 15) is 18.0 Å². The first kappa shape index (κ1) is 18.9. The lowest BCUT2D eigenvalue weighted by molar-refractivity contribution is -0.137. The van der Waals surface area contributed by atoms with Gasteiger partial charge in [-0.25, -0.2) is 9.31 Å². The summed E-state index contributed by atoms with van der Waals surface area (Å²) in [5.74, 6) is -0.271. The Hall–Kier alpha value is -2.88. The minimum absolute atomic E-state index is 0.228. The van der Waals surface area contributed by atoms with Crippen molar-refractivity contribution in [3.05, 3.63) is 46.7 Å². The van der Waals surface area contributed by atoms with Crippen molar-refractivity contribution in [1.29, 1.82) is 0 Å². The van der Waals surface area contributed by atoms with E-state index in [0.717, 1.165) is 12.1 Å². The SMILES string of the molecule is CO/C=C(/C(=O)OC)c1sc2nc(-c3ccc(C(F)(F)F)cc3)nn2c1C. The fourth-order valence-electron chi connectivity index (χ4n) is 2.45. The summed E-state index contributed by atoms with van der Waals surface area (Å²) in [5.41, 5.74) is 0.582. The van der Waals surface area contributed by atoms with Gasteiger partial charge >= 0.3 is 12.1 Å². The summed E-state index contributed by atoms with van der Waals surface area (Å²) in [4.78, 5) is 17.4. The maximum atomic E-state index is 12.7. The molecule has 0 amide bonds. The van der Waals surface area contributed by atoms with Gasteiger partial charge in [0.05, 0.1) is 36.6 Å². The molecule has 27 heavy (non-hydrogen) atoms. The number of aromatic nitrogens is 3. The zero-order chi connectivity index (χ0) is 19.8. The fourth-order valence-corrected chi connectivity index (χ4v) is 3.50. The number of fused-ring (bicyclic) bond motifs is 1. The Morgan fingerprint density at radius 3 is 2.41 bits per heavy atom. The van der Waals surface area contributed by atoms with E-state index in [2.05, 4.69) is 10.1 Å². The van der Waals surface area contributed by atoms with Gasteiger partial charge in [-0.3, -0.25) is 0 Å². The first-order chi connectivity index (χ1) is 12.8. The second-order valence-electron chi connectivity index (χ2n) is 5.48. The van der Waals surface area contributed by atoms with Gasteiger partial charge in [0.2, 0.25) is 4.96 Å². The number of ether oxygens (including phenoxy) is 2. The van der Waals surface area contributed by atoms with Gasteiger partial charge in [0.1, 0.15) is 5.57 Å². The summed E-state index contributed by atoms with van der Waals surface area (Å²) in [5, 5.41) is 4.34. The number of carbonyl (C=O) groups is 1. The molecule has 0 aliphatic rings. The van der Waals surface area contributed by atoms with E-state index in [1.54, 1.807) is 6.92 Å². The summed E-state index contributed by atoms with van der Waals surface area (Å²) in [6.07, 6.45) is -3.12. The van der Waals surface area contributed by atoms with Crippen LogP contribution in [-0.4, -0.2) is 34.8 Å². The molecule has 0 bridgehead atoms. The van der Waals surface area contributed by atoms with Crippen molar-refractivity contribution in [2.24, 2.45) is 0 Å². The number of carbonyl (C=O) groups excluding carboxylic acids is 1. The summed E-state index contributed by atoms with van der Waals surface area (Å²) < 4.78 is 49.3. The van der Waals surface area contributed by atoms with Gasteiger partial charge in [-0.1, -0.05) is 23.5 Å². The van der Waals surface area contributed by atoms with E-state index < -0.39 is 17.7 Å². The number of alkyl halides is 3. The van der Waals surface area contributed by atoms with Crippen LogP contribution in [0.2, 0.25) is 0 Å². The molecule has 6 nitrogen and oxygen atoms in total. The molecule has 0 N–H and O–H groups in total. The van der Waals surface area contributed by atoms with Crippen LogP contribution in [0.5, 0.6) is 0 Å². The molecule has 0 unspecified atom stereocenters. The fraction of sp³-hybridized carbons (Fsp3) is 0.235. The molecule has 2 heterocycles. The predicted molar refractivity (Wildman–Crippen MR) is 93.0 cm³/mol. The number of esters is 1. The molecular weight excluding hydrogens is 383 g/mol. The Kier molecular flexibility index (Phi) is 4.92. The summed E-state index contributed by atoms with van der Waals surface area (Å²) in [6, 6.07) is 4.62. The van der Waals surface area contributed by atoms with Crippen molar-refractivity contribution >= 4 is 27.8 Å². The Labute approximate surface area is 155 Å². The van der Waals surface area contributed by atoms with Crippen LogP contribution in [0.1, 0.15) is 16.1 Å². The van der Waals surface area contributed by atoms with Crippen LogP contribution in [0.4, 0.5) is 13.2 Å². The number of hydrogen-bond acceptors (Lipinski definition) is 6.